The van der Waals surface area contributed by atoms with Gasteiger partial charge in [-0.2, -0.15) is 0 Å². The lowest BCUT2D eigenvalue weighted by atomic mass is 9.86. The van der Waals surface area contributed by atoms with E-state index in [0.29, 0.717) is 5.92 Å². The third-order valence-electron chi connectivity index (χ3n) is 3.49. The summed E-state index contributed by atoms with van der Waals surface area (Å²) in [6.07, 6.45) is 2.59. The number of hydrogen-bond acceptors (Lipinski definition) is 3. The second-order valence-electron chi connectivity index (χ2n) is 4.75. The molecule has 2 atom stereocenters. The van der Waals surface area contributed by atoms with Crippen molar-refractivity contribution in [1.82, 2.24) is 0 Å². The van der Waals surface area contributed by atoms with Crippen LogP contribution in [0.15, 0.2) is 30.3 Å². The van der Waals surface area contributed by atoms with Crippen molar-refractivity contribution in [3.63, 3.8) is 0 Å². The van der Waals surface area contributed by atoms with E-state index in [-0.39, 0.29) is 25.1 Å². The van der Waals surface area contributed by atoms with Crippen molar-refractivity contribution in [2.75, 3.05) is 13.2 Å². The van der Waals surface area contributed by atoms with Crippen LogP contribution < -0.4 is 0 Å². The number of ether oxygens (including phenoxy) is 1. The fourth-order valence-corrected chi connectivity index (χ4v) is 2.30. The zero-order chi connectivity index (χ0) is 14.1. The molecule has 0 saturated carbocycles. The van der Waals surface area contributed by atoms with Crippen LogP contribution in [0.5, 0.6) is 0 Å². The normalized spacial score (nSPS) is 13.8. The predicted molar refractivity (Wildman–Crippen MR) is 75.9 cm³/mol. The molecular formula is C16H24O3. The summed E-state index contributed by atoms with van der Waals surface area (Å²) >= 11 is 0. The summed E-state index contributed by atoms with van der Waals surface area (Å²) in [6.45, 7) is 4.13. The smallest absolute Gasteiger partial charge is 0.309 e. The molecule has 0 amide bonds. The van der Waals surface area contributed by atoms with Crippen molar-refractivity contribution < 1.29 is 14.6 Å². The van der Waals surface area contributed by atoms with Crippen LogP contribution in [-0.2, 0) is 9.53 Å². The summed E-state index contributed by atoms with van der Waals surface area (Å²) in [5, 5.41) is 8.70. The Labute approximate surface area is 115 Å². The third kappa shape index (κ3) is 5.03. The number of aliphatic hydroxyl groups excluding tert-OH is 1. The van der Waals surface area contributed by atoms with E-state index in [1.165, 1.54) is 5.56 Å². The Morgan fingerprint density at radius 3 is 2.42 bits per heavy atom. The molecule has 1 aromatic rings. The van der Waals surface area contributed by atoms with Crippen LogP contribution in [0.2, 0.25) is 0 Å². The number of rotatable bonds is 8. The fourth-order valence-electron chi connectivity index (χ4n) is 2.30. The molecule has 0 aliphatic heterocycles. The van der Waals surface area contributed by atoms with E-state index in [9.17, 15) is 4.79 Å². The highest BCUT2D eigenvalue weighted by Gasteiger charge is 2.22. The monoisotopic (exact) mass is 264 g/mol. The number of carbonyl (C=O) groups excluding carboxylic acids is 1. The average molecular weight is 264 g/mol. The quantitative estimate of drug-likeness (QED) is 0.734. The SMILES string of the molecule is CCC(CC(CC)c1ccccc1)C(=O)OCCO. The summed E-state index contributed by atoms with van der Waals surface area (Å²) in [5.41, 5.74) is 1.28. The molecule has 19 heavy (non-hydrogen) atoms. The first-order valence-electron chi connectivity index (χ1n) is 7.05. The van der Waals surface area contributed by atoms with Gasteiger partial charge >= 0.3 is 5.97 Å². The first-order valence-corrected chi connectivity index (χ1v) is 7.05. The van der Waals surface area contributed by atoms with Crippen LogP contribution >= 0.6 is 0 Å². The molecule has 2 unspecified atom stereocenters. The van der Waals surface area contributed by atoms with Crippen LogP contribution in [0.3, 0.4) is 0 Å². The Hall–Kier alpha value is -1.35. The first kappa shape index (κ1) is 15.7. The maximum Gasteiger partial charge on any atom is 0.309 e. The number of hydrogen-bond donors (Lipinski definition) is 1. The zero-order valence-electron chi connectivity index (χ0n) is 11.8. The first-order chi connectivity index (χ1) is 9.22. The van der Waals surface area contributed by atoms with Gasteiger partial charge in [0.25, 0.3) is 0 Å². The van der Waals surface area contributed by atoms with Gasteiger partial charge in [0.05, 0.1) is 12.5 Å². The predicted octanol–water partition coefficient (Wildman–Crippen LogP) is 3.13. The van der Waals surface area contributed by atoms with Crippen LogP contribution in [0.1, 0.15) is 44.6 Å². The van der Waals surface area contributed by atoms with Crippen molar-refractivity contribution in [2.45, 2.75) is 39.0 Å². The minimum Gasteiger partial charge on any atom is -0.463 e. The summed E-state index contributed by atoms with van der Waals surface area (Å²) in [6, 6.07) is 10.3. The molecule has 0 aromatic heterocycles. The van der Waals surface area contributed by atoms with Gasteiger partial charge in [0, 0.05) is 0 Å². The van der Waals surface area contributed by atoms with Crippen LogP contribution in [-0.4, -0.2) is 24.3 Å². The molecule has 0 radical (unpaired) electrons. The summed E-state index contributed by atoms with van der Waals surface area (Å²) in [7, 11) is 0. The highest BCUT2D eigenvalue weighted by molar-refractivity contribution is 5.72. The molecule has 3 nitrogen and oxygen atoms in total. The second kappa shape index (κ2) is 8.70. The Balaban J connectivity index is 2.64. The molecule has 0 fully saturated rings. The Morgan fingerprint density at radius 1 is 1.21 bits per heavy atom. The maximum atomic E-state index is 11.9. The van der Waals surface area contributed by atoms with Gasteiger partial charge in [-0.05, 0) is 30.7 Å². The van der Waals surface area contributed by atoms with Crippen molar-refractivity contribution in [1.29, 1.82) is 0 Å². The van der Waals surface area contributed by atoms with Crippen molar-refractivity contribution in [3.8, 4) is 0 Å². The number of aliphatic hydroxyl groups is 1. The molecule has 0 aliphatic rings. The van der Waals surface area contributed by atoms with Crippen LogP contribution in [0, 0.1) is 5.92 Å². The Morgan fingerprint density at radius 2 is 1.89 bits per heavy atom. The largest absolute Gasteiger partial charge is 0.463 e. The lowest BCUT2D eigenvalue weighted by Crippen LogP contribution is -2.21. The highest BCUT2D eigenvalue weighted by Crippen LogP contribution is 2.28. The van der Waals surface area contributed by atoms with E-state index in [0.717, 1.165) is 19.3 Å². The maximum absolute atomic E-state index is 11.9. The molecule has 1 rings (SSSR count). The molecule has 0 saturated heterocycles. The molecule has 3 heteroatoms. The molecule has 106 valence electrons. The number of esters is 1. The number of carbonyl (C=O) groups is 1. The third-order valence-corrected chi connectivity index (χ3v) is 3.49. The van der Waals surface area contributed by atoms with E-state index in [4.69, 9.17) is 9.84 Å². The zero-order valence-corrected chi connectivity index (χ0v) is 11.8. The Bertz CT molecular complexity index is 362. The fraction of sp³-hybridized carbons (Fsp3) is 0.562. The highest BCUT2D eigenvalue weighted by atomic mass is 16.5. The minimum absolute atomic E-state index is 0.0864. The van der Waals surface area contributed by atoms with Gasteiger partial charge in [-0.25, -0.2) is 0 Å². The molecular weight excluding hydrogens is 240 g/mol. The van der Waals surface area contributed by atoms with Gasteiger partial charge in [-0.15, -0.1) is 0 Å². The molecule has 0 spiro atoms. The van der Waals surface area contributed by atoms with Gasteiger partial charge in [0.1, 0.15) is 6.61 Å². The van der Waals surface area contributed by atoms with Crippen LogP contribution in [0.4, 0.5) is 0 Å². The molecule has 1 N–H and O–H groups in total. The molecule has 1 aromatic carbocycles. The average Bonchev–Trinajstić information content (AvgIpc) is 2.47. The Kier molecular flexibility index (Phi) is 7.19. The number of benzene rings is 1. The molecule has 0 aliphatic carbocycles. The van der Waals surface area contributed by atoms with E-state index in [2.05, 4.69) is 19.1 Å². The van der Waals surface area contributed by atoms with Gasteiger partial charge in [0.15, 0.2) is 0 Å². The lowest BCUT2D eigenvalue weighted by Gasteiger charge is -2.21. The second-order valence-corrected chi connectivity index (χ2v) is 4.75. The lowest BCUT2D eigenvalue weighted by molar-refractivity contribution is -0.150. The van der Waals surface area contributed by atoms with Gasteiger partial charge in [0.2, 0.25) is 0 Å². The summed E-state index contributed by atoms with van der Waals surface area (Å²) < 4.78 is 5.04. The van der Waals surface area contributed by atoms with Crippen molar-refractivity contribution in [2.24, 2.45) is 5.92 Å². The van der Waals surface area contributed by atoms with Gasteiger partial charge in [-0.3, -0.25) is 4.79 Å². The topological polar surface area (TPSA) is 46.5 Å². The van der Waals surface area contributed by atoms with E-state index in [1.54, 1.807) is 0 Å². The summed E-state index contributed by atoms with van der Waals surface area (Å²) in [5.74, 6) is 0.107. The van der Waals surface area contributed by atoms with Gasteiger partial charge in [-0.1, -0.05) is 44.2 Å². The van der Waals surface area contributed by atoms with Crippen molar-refractivity contribution >= 4 is 5.97 Å². The van der Waals surface area contributed by atoms with Crippen LogP contribution in [0.25, 0.3) is 0 Å². The minimum atomic E-state index is -0.189. The van der Waals surface area contributed by atoms with E-state index < -0.39 is 0 Å². The van der Waals surface area contributed by atoms with E-state index in [1.807, 2.05) is 25.1 Å². The molecule has 0 bridgehead atoms. The summed E-state index contributed by atoms with van der Waals surface area (Å²) in [4.78, 5) is 11.9. The standard InChI is InChI=1S/C16H24O3/c1-3-13(15-8-6-5-7-9-15)12-14(4-2)16(18)19-11-10-17/h5-9,13-14,17H,3-4,10-12H2,1-2H3. The van der Waals surface area contributed by atoms with E-state index >= 15 is 0 Å². The molecule has 0 heterocycles. The van der Waals surface area contributed by atoms with Gasteiger partial charge < -0.3 is 9.84 Å². The van der Waals surface area contributed by atoms with Crippen molar-refractivity contribution in [3.05, 3.63) is 35.9 Å².